The molecule has 0 fully saturated rings. The van der Waals surface area contributed by atoms with Crippen molar-refractivity contribution in [3.05, 3.63) is 79.0 Å². The van der Waals surface area contributed by atoms with Crippen molar-refractivity contribution in [2.75, 3.05) is 7.05 Å². The maximum Gasteiger partial charge on any atom is 0.123 e. The molecule has 0 amide bonds. The second kappa shape index (κ2) is 8.34. The molecule has 0 spiro atoms. The Hall–Kier alpha value is -2.72. The van der Waals surface area contributed by atoms with E-state index < -0.39 is 0 Å². The predicted octanol–water partition coefficient (Wildman–Crippen LogP) is 6.32. The average molecular weight is 392 g/mol. The van der Waals surface area contributed by atoms with Crippen LogP contribution in [0.4, 0.5) is 4.39 Å². The van der Waals surface area contributed by atoms with E-state index in [0.29, 0.717) is 5.54 Å². The number of nitrogens with zero attached hydrogens (tertiary/aromatic N) is 2. The fourth-order valence-corrected chi connectivity index (χ4v) is 3.66. The minimum Gasteiger partial charge on any atom is -0.361 e. The van der Waals surface area contributed by atoms with Gasteiger partial charge in [-0.1, -0.05) is 12.2 Å². The zero-order chi connectivity index (χ0) is 21.1. The Morgan fingerprint density at radius 1 is 0.931 bits per heavy atom. The van der Waals surface area contributed by atoms with E-state index in [-0.39, 0.29) is 11.4 Å². The summed E-state index contributed by atoms with van der Waals surface area (Å²) in [6, 6.07) is 12.4. The monoisotopic (exact) mass is 391 g/mol. The van der Waals surface area contributed by atoms with E-state index >= 15 is 0 Å². The lowest BCUT2D eigenvalue weighted by molar-refractivity contribution is 0.0662. The number of hydrogen-bond donors (Lipinski definition) is 1. The van der Waals surface area contributed by atoms with Crippen molar-refractivity contribution in [1.29, 1.82) is 0 Å². The van der Waals surface area contributed by atoms with E-state index in [1.807, 2.05) is 24.4 Å². The van der Waals surface area contributed by atoms with Crippen LogP contribution in [-0.2, 0) is 0 Å². The number of pyridine rings is 1. The number of aromatic amines is 1. The van der Waals surface area contributed by atoms with Crippen LogP contribution in [0.3, 0.4) is 0 Å². The topological polar surface area (TPSA) is 31.9 Å². The molecule has 0 bridgehead atoms. The Bertz CT molecular complexity index is 953. The molecule has 3 nitrogen and oxygen atoms in total. The summed E-state index contributed by atoms with van der Waals surface area (Å²) in [7, 11) is 2.20. The molecule has 0 saturated heterocycles. The molecule has 1 N–H and O–H groups in total. The van der Waals surface area contributed by atoms with E-state index in [0.717, 1.165) is 28.8 Å². The molecule has 0 unspecified atom stereocenters. The summed E-state index contributed by atoms with van der Waals surface area (Å²) in [4.78, 5) is 9.64. The van der Waals surface area contributed by atoms with E-state index in [1.54, 1.807) is 24.5 Å². The SMILES string of the molecule is CN1C(C)(C)C=CCC1(C)C.Fc1ccc(-c2[nH]ccc2-c2ccncc2)cc1. The van der Waals surface area contributed by atoms with Crippen LogP contribution in [0.2, 0.25) is 0 Å². The largest absolute Gasteiger partial charge is 0.361 e. The van der Waals surface area contributed by atoms with Gasteiger partial charge in [0.1, 0.15) is 5.82 Å². The smallest absolute Gasteiger partial charge is 0.123 e. The molecule has 0 saturated carbocycles. The minimum absolute atomic E-state index is 0.224. The van der Waals surface area contributed by atoms with Crippen LogP contribution in [0, 0.1) is 5.82 Å². The standard InChI is InChI=1S/C15H11FN2.C10H19N/c16-13-3-1-12(2-4-13)15-14(7-10-18-15)11-5-8-17-9-6-11;1-9(2)7-6-8-10(3,4)11(9)5/h1-10,18H;6-7H,8H2,1-5H3. The number of benzene rings is 1. The van der Waals surface area contributed by atoms with Crippen LogP contribution in [-0.4, -0.2) is 33.0 Å². The fraction of sp³-hybridized carbons (Fsp3) is 0.320. The number of hydrogen-bond acceptors (Lipinski definition) is 2. The summed E-state index contributed by atoms with van der Waals surface area (Å²) in [5.41, 5.74) is 4.67. The molecule has 4 heteroatoms. The average Bonchev–Trinajstić information content (AvgIpc) is 3.18. The molecule has 29 heavy (non-hydrogen) atoms. The van der Waals surface area contributed by atoms with Crippen LogP contribution in [0.1, 0.15) is 34.1 Å². The summed E-state index contributed by atoms with van der Waals surface area (Å²) in [5, 5.41) is 0. The van der Waals surface area contributed by atoms with Crippen LogP contribution in [0.5, 0.6) is 0 Å². The summed E-state index contributed by atoms with van der Waals surface area (Å²) in [5.74, 6) is -0.226. The Morgan fingerprint density at radius 3 is 2.17 bits per heavy atom. The second-order valence-electron chi connectivity index (χ2n) is 8.64. The highest BCUT2D eigenvalue weighted by Gasteiger charge is 2.34. The highest BCUT2D eigenvalue weighted by molar-refractivity contribution is 5.80. The lowest BCUT2D eigenvalue weighted by atomic mass is 9.86. The van der Waals surface area contributed by atoms with Crippen molar-refractivity contribution in [2.45, 2.75) is 45.2 Å². The number of halogens is 1. The Kier molecular flexibility index (Phi) is 6.04. The first-order chi connectivity index (χ1) is 13.7. The van der Waals surface area contributed by atoms with Crippen molar-refractivity contribution >= 4 is 0 Å². The van der Waals surface area contributed by atoms with Crippen molar-refractivity contribution in [2.24, 2.45) is 0 Å². The lowest BCUT2D eigenvalue weighted by Crippen LogP contribution is -2.53. The Labute approximate surface area is 173 Å². The Balaban J connectivity index is 0.000000188. The van der Waals surface area contributed by atoms with E-state index in [4.69, 9.17) is 0 Å². The highest BCUT2D eigenvalue weighted by atomic mass is 19.1. The quantitative estimate of drug-likeness (QED) is 0.519. The molecule has 152 valence electrons. The van der Waals surface area contributed by atoms with Gasteiger partial charge in [0.25, 0.3) is 0 Å². The first-order valence-corrected chi connectivity index (χ1v) is 9.96. The molecule has 0 atom stereocenters. The maximum absolute atomic E-state index is 12.9. The Morgan fingerprint density at radius 2 is 1.59 bits per heavy atom. The predicted molar refractivity (Wildman–Crippen MR) is 119 cm³/mol. The third kappa shape index (κ3) is 4.83. The van der Waals surface area contributed by atoms with Crippen molar-refractivity contribution in [3.8, 4) is 22.4 Å². The van der Waals surface area contributed by atoms with Gasteiger partial charge in [0, 0.05) is 35.2 Å². The van der Waals surface area contributed by atoms with Gasteiger partial charge in [-0.2, -0.15) is 0 Å². The van der Waals surface area contributed by atoms with Crippen LogP contribution >= 0.6 is 0 Å². The summed E-state index contributed by atoms with van der Waals surface area (Å²) < 4.78 is 12.9. The third-order valence-corrected chi connectivity index (χ3v) is 5.79. The highest BCUT2D eigenvalue weighted by Crippen LogP contribution is 2.32. The summed E-state index contributed by atoms with van der Waals surface area (Å²) in [6.45, 7) is 9.09. The van der Waals surface area contributed by atoms with Gasteiger partial charge in [-0.25, -0.2) is 4.39 Å². The molecular formula is C25H30FN3. The minimum atomic E-state index is -0.226. The van der Waals surface area contributed by atoms with Crippen LogP contribution in [0.15, 0.2) is 73.2 Å². The van der Waals surface area contributed by atoms with Gasteiger partial charge in [0.2, 0.25) is 0 Å². The molecule has 0 radical (unpaired) electrons. The molecule has 1 aliphatic rings. The zero-order valence-electron chi connectivity index (χ0n) is 17.9. The third-order valence-electron chi connectivity index (χ3n) is 5.79. The number of likely N-dealkylation sites (N-methyl/N-ethyl adjacent to an activating group) is 1. The van der Waals surface area contributed by atoms with E-state index in [9.17, 15) is 4.39 Å². The number of nitrogens with one attached hydrogen (secondary N) is 1. The molecule has 3 heterocycles. The van der Waals surface area contributed by atoms with Gasteiger partial charge < -0.3 is 4.98 Å². The molecular weight excluding hydrogens is 361 g/mol. The van der Waals surface area contributed by atoms with Crippen molar-refractivity contribution < 1.29 is 4.39 Å². The molecule has 3 aromatic rings. The molecule has 1 aliphatic heterocycles. The number of rotatable bonds is 2. The first kappa shape index (κ1) is 21.0. The summed E-state index contributed by atoms with van der Waals surface area (Å²) in [6.07, 6.45) is 11.1. The van der Waals surface area contributed by atoms with Crippen LogP contribution in [0.25, 0.3) is 22.4 Å². The lowest BCUT2D eigenvalue weighted by Gasteiger charge is -2.47. The first-order valence-electron chi connectivity index (χ1n) is 9.96. The zero-order valence-corrected chi connectivity index (χ0v) is 17.9. The van der Waals surface area contributed by atoms with Crippen molar-refractivity contribution in [1.82, 2.24) is 14.9 Å². The maximum atomic E-state index is 12.9. The molecule has 0 aliphatic carbocycles. The molecule has 1 aromatic carbocycles. The van der Waals surface area contributed by atoms with E-state index in [1.165, 1.54) is 12.1 Å². The number of H-pyrrole nitrogens is 1. The van der Waals surface area contributed by atoms with E-state index in [2.05, 4.69) is 61.8 Å². The van der Waals surface area contributed by atoms with Gasteiger partial charge in [-0.15, -0.1) is 0 Å². The number of aromatic nitrogens is 2. The normalized spacial score (nSPS) is 17.4. The second-order valence-corrected chi connectivity index (χ2v) is 8.64. The molecule has 2 aromatic heterocycles. The van der Waals surface area contributed by atoms with Gasteiger partial charge in [0.15, 0.2) is 0 Å². The summed E-state index contributed by atoms with van der Waals surface area (Å²) >= 11 is 0. The molecule has 4 rings (SSSR count). The van der Waals surface area contributed by atoms with Gasteiger partial charge in [-0.05, 0) is 94.8 Å². The van der Waals surface area contributed by atoms with Crippen molar-refractivity contribution in [3.63, 3.8) is 0 Å². The van der Waals surface area contributed by atoms with Gasteiger partial charge in [-0.3, -0.25) is 9.88 Å². The van der Waals surface area contributed by atoms with Gasteiger partial charge in [0.05, 0.1) is 5.69 Å². The van der Waals surface area contributed by atoms with Crippen LogP contribution < -0.4 is 0 Å². The van der Waals surface area contributed by atoms with Gasteiger partial charge >= 0.3 is 0 Å². The fourth-order valence-electron chi connectivity index (χ4n) is 3.66.